The molecule has 26 heavy (non-hydrogen) atoms. The zero-order chi connectivity index (χ0) is 17.9. The lowest BCUT2D eigenvalue weighted by Gasteiger charge is -2.28. The highest BCUT2D eigenvalue weighted by atomic mass is 16.5. The first-order valence-corrected chi connectivity index (χ1v) is 9.02. The molecule has 2 aromatic carbocycles. The highest BCUT2D eigenvalue weighted by molar-refractivity contribution is 6.03. The van der Waals surface area contributed by atoms with Crippen molar-refractivity contribution in [3.8, 4) is 11.6 Å². The molecular formula is C21H23N3O2. The maximum atomic E-state index is 10.2. The van der Waals surface area contributed by atoms with Crippen LogP contribution in [0, 0.1) is 0 Å². The van der Waals surface area contributed by atoms with Crippen LogP contribution in [0.1, 0.15) is 24.8 Å². The fourth-order valence-corrected chi connectivity index (χ4v) is 3.48. The quantitative estimate of drug-likeness (QED) is 0.676. The molecule has 0 aliphatic carbocycles. The Labute approximate surface area is 152 Å². The number of aliphatic imine (C=N–C) groups is 1. The molecule has 1 aliphatic rings. The number of nitrogens with zero attached hydrogens (tertiary/aromatic N) is 2. The molecule has 1 saturated heterocycles. The number of piperidine rings is 1. The predicted molar refractivity (Wildman–Crippen MR) is 106 cm³/mol. The van der Waals surface area contributed by atoms with Crippen molar-refractivity contribution < 1.29 is 9.84 Å². The topological polar surface area (TPSA) is 60.9 Å². The van der Waals surface area contributed by atoms with Crippen LogP contribution in [0.2, 0.25) is 0 Å². The van der Waals surface area contributed by atoms with Crippen LogP contribution >= 0.6 is 0 Å². The van der Waals surface area contributed by atoms with Crippen molar-refractivity contribution >= 4 is 28.5 Å². The number of fused-ring (bicyclic) bond motifs is 1. The van der Waals surface area contributed by atoms with Crippen molar-refractivity contribution in [2.75, 3.05) is 25.1 Å². The van der Waals surface area contributed by atoms with E-state index < -0.39 is 0 Å². The molecule has 5 heteroatoms. The summed E-state index contributed by atoms with van der Waals surface area (Å²) < 4.78 is 5.28. The van der Waals surface area contributed by atoms with Gasteiger partial charge in [0.05, 0.1) is 18.4 Å². The van der Waals surface area contributed by atoms with Crippen LogP contribution in [0.25, 0.3) is 10.9 Å². The first-order chi connectivity index (χ1) is 12.7. The highest BCUT2D eigenvalue weighted by Gasteiger charge is 2.11. The van der Waals surface area contributed by atoms with Crippen LogP contribution in [0.4, 0.5) is 11.4 Å². The van der Waals surface area contributed by atoms with Gasteiger partial charge in [-0.1, -0.05) is 0 Å². The van der Waals surface area contributed by atoms with Gasteiger partial charge in [0, 0.05) is 35.9 Å². The Kier molecular flexibility index (Phi) is 4.52. The molecule has 4 rings (SSSR count). The van der Waals surface area contributed by atoms with Gasteiger partial charge >= 0.3 is 0 Å². The normalized spacial score (nSPS) is 15.0. The van der Waals surface area contributed by atoms with Gasteiger partial charge in [-0.05, 0) is 61.7 Å². The number of methoxy groups -OCH3 is 1. The lowest BCUT2D eigenvalue weighted by Crippen LogP contribution is -2.29. The number of rotatable bonds is 4. The van der Waals surface area contributed by atoms with Crippen molar-refractivity contribution in [1.82, 2.24) is 4.98 Å². The molecule has 0 atom stereocenters. The Morgan fingerprint density at radius 3 is 2.58 bits per heavy atom. The van der Waals surface area contributed by atoms with E-state index in [1.807, 2.05) is 30.3 Å². The number of H-pyrrole nitrogens is 1. The fraction of sp³-hybridized carbons (Fsp3) is 0.286. The molecule has 5 nitrogen and oxygen atoms in total. The predicted octanol–water partition coefficient (Wildman–Crippen LogP) is 4.62. The molecule has 1 aliphatic heterocycles. The maximum absolute atomic E-state index is 10.2. The SMILES string of the molecule is COc1ccc2[nH]c(O)c(C=Nc3ccc(N4CCCCC4)cc3)c2c1. The summed E-state index contributed by atoms with van der Waals surface area (Å²) in [6.45, 7) is 2.27. The minimum absolute atomic E-state index is 0.113. The van der Waals surface area contributed by atoms with E-state index in [2.05, 4.69) is 27.0 Å². The maximum Gasteiger partial charge on any atom is 0.198 e. The van der Waals surface area contributed by atoms with Gasteiger partial charge in [-0.25, -0.2) is 0 Å². The zero-order valence-corrected chi connectivity index (χ0v) is 14.9. The minimum atomic E-state index is 0.113. The van der Waals surface area contributed by atoms with Crippen molar-refractivity contribution in [1.29, 1.82) is 0 Å². The molecule has 3 aromatic rings. The van der Waals surface area contributed by atoms with E-state index in [-0.39, 0.29) is 5.88 Å². The van der Waals surface area contributed by atoms with Crippen molar-refractivity contribution in [2.24, 2.45) is 4.99 Å². The van der Waals surface area contributed by atoms with E-state index >= 15 is 0 Å². The van der Waals surface area contributed by atoms with Gasteiger partial charge in [0.1, 0.15) is 5.75 Å². The molecule has 1 fully saturated rings. The van der Waals surface area contributed by atoms with Gasteiger partial charge in [-0.3, -0.25) is 4.99 Å². The number of aromatic nitrogens is 1. The molecule has 2 heterocycles. The largest absolute Gasteiger partial charge is 0.497 e. The third kappa shape index (κ3) is 3.25. The standard InChI is InChI=1S/C21H23N3O2/c1-26-17-9-10-20-18(13-17)19(21(25)23-20)14-22-15-5-7-16(8-6-15)24-11-3-2-4-12-24/h5-10,13-14,23,25H,2-4,11-12H2,1H3. The summed E-state index contributed by atoms with van der Waals surface area (Å²) in [4.78, 5) is 9.93. The Morgan fingerprint density at radius 1 is 1.08 bits per heavy atom. The molecule has 134 valence electrons. The van der Waals surface area contributed by atoms with E-state index in [9.17, 15) is 5.11 Å². The van der Waals surface area contributed by atoms with Crippen LogP contribution in [-0.2, 0) is 0 Å². The number of anilines is 1. The first-order valence-electron chi connectivity index (χ1n) is 9.02. The molecule has 0 unspecified atom stereocenters. The first kappa shape index (κ1) is 16.5. The zero-order valence-electron chi connectivity index (χ0n) is 14.9. The lowest BCUT2D eigenvalue weighted by atomic mass is 10.1. The average molecular weight is 349 g/mol. The van der Waals surface area contributed by atoms with Crippen molar-refractivity contribution in [2.45, 2.75) is 19.3 Å². The molecule has 0 saturated carbocycles. The summed E-state index contributed by atoms with van der Waals surface area (Å²) in [6.07, 6.45) is 5.56. The number of aromatic amines is 1. The highest BCUT2D eigenvalue weighted by Crippen LogP contribution is 2.30. The van der Waals surface area contributed by atoms with E-state index in [0.717, 1.165) is 35.4 Å². The fourth-order valence-electron chi connectivity index (χ4n) is 3.48. The van der Waals surface area contributed by atoms with E-state index in [4.69, 9.17) is 4.74 Å². The second-order valence-electron chi connectivity index (χ2n) is 6.62. The number of aromatic hydroxyl groups is 1. The van der Waals surface area contributed by atoms with Gasteiger partial charge in [-0.15, -0.1) is 0 Å². The van der Waals surface area contributed by atoms with Crippen LogP contribution in [-0.4, -0.2) is 36.5 Å². The van der Waals surface area contributed by atoms with Gasteiger partial charge in [0.15, 0.2) is 5.88 Å². The summed E-state index contributed by atoms with van der Waals surface area (Å²) in [5, 5.41) is 11.1. The second-order valence-corrected chi connectivity index (χ2v) is 6.62. The van der Waals surface area contributed by atoms with Gasteiger partial charge in [0.25, 0.3) is 0 Å². The van der Waals surface area contributed by atoms with Crippen LogP contribution < -0.4 is 9.64 Å². The molecule has 1 aromatic heterocycles. The summed E-state index contributed by atoms with van der Waals surface area (Å²) in [5.74, 6) is 0.860. The van der Waals surface area contributed by atoms with Gasteiger partial charge in [0.2, 0.25) is 0 Å². The Balaban J connectivity index is 1.58. The van der Waals surface area contributed by atoms with E-state index in [1.54, 1.807) is 13.3 Å². The molecule has 0 spiro atoms. The number of benzene rings is 2. The number of nitrogens with one attached hydrogen (secondary N) is 1. The van der Waals surface area contributed by atoms with Crippen molar-refractivity contribution in [3.63, 3.8) is 0 Å². The number of hydrogen-bond donors (Lipinski definition) is 2. The Bertz CT molecular complexity index is 922. The Hall–Kier alpha value is -2.95. The van der Waals surface area contributed by atoms with Crippen LogP contribution in [0.3, 0.4) is 0 Å². The number of ether oxygens (including phenoxy) is 1. The summed E-state index contributed by atoms with van der Waals surface area (Å²) in [5.41, 5.74) is 3.63. The molecule has 0 bridgehead atoms. The summed E-state index contributed by atoms with van der Waals surface area (Å²) >= 11 is 0. The molecule has 2 N–H and O–H groups in total. The van der Waals surface area contributed by atoms with E-state index in [0.29, 0.717) is 5.56 Å². The third-order valence-electron chi connectivity index (χ3n) is 4.94. The third-order valence-corrected chi connectivity index (χ3v) is 4.94. The van der Waals surface area contributed by atoms with Gasteiger partial charge in [-0.2, -0.15) is 0 Å². The summed E-state index contributed by atoms with van der Waals surface area (Å²) in [6, 6.07) is 13.9. The average Bonchev–Trinajstić information content (AvgIpc) is 3.01. The van der Waals surface area contributed by atoms with E-state index in [1.165, 1.54) is 24.9 Å². The second kappa shape index (κ2) is 7.12. The monoisotopic (exact) mass is 349 g/mol. The van der Waals surface area contributed by atoms with Crippen LogP contribution in [0.15, 0.2) is 47.5 Å². The lowest BCUT2D eigenvalue weighted by molar-refractivity contribution is 0.415. The summed E-state index contributed by atoms with van der Waals surface area (Å²) in [7, 11) is 1.63. The smallest absolute Gasteiger partial charge is 0.198 e. The molecular weight excluding hydrogens is 326 g/mol. The minimum Gasteiger partial charge on any atom is -0.497 e. The van der Waals surface area contributed by atoms with Crippen molar-refractivity contribution in [3.05, 3.63) is 48.0 Å². The Morgan fingerprint density at radius 2 is 1.85 bits per heavy atom. The molecule has 0 radical (unpaired) electrons. The van der Waals surface area contributed by atoms with Gasteiger partial charge < -0.3 is 19.7 Å². The number of hydrogen-bond acceptors (Lipinski definition) is 4. The van der Waals surface area contributed by atoms with Crippen LogP contribution in [0.5, 0.6) is 11.6 Å². The molecule has 0 amide bonds.